The number of nitrogens with zero attached hydrogens (tertiary/aromatic N) is 1. The van der Waals surface area contributed by atoms with Gasteiger partial charge in [-0.1, -0.05) is 20.4 Å². The molecule has 2 atom stereocenters. The Morgan fingerprint density at radius 2 is 2.44 bits per heavy atom. The standard InChI is InChI=1S/C12H18NPS2/c1-5-9(13-4)11(15-6-2)12-10(14)7-8(3)16-12/h5,8H,1,4,6-7,14H2,2-3H3/b11-9+. The second kappa shape index (κ2) is 6.68. The molecule has 0 aliphatic carbocycles. The fraction of sp³-hybridized carbons (Fsp3) is 0.417. The van der Waals surface area contributed by atoms with Crippen LogP contribution in [0.15, 0.2) is 38.5 Å². The summed E-state index contributed by atoms with van der Waals surface area (Å²) < 4.78 is 0. The lowest BCUT2D eigenvalue weighted by Gasteiger charge is -2.10. The third kappa shape index (κ3) is 3.26. The summed E-state index contributed by atoms with van der Waals surface area (Å²) in [5.41, 5.74) is 0.906. The van der Waals surface area contributed by atoms with E-state index >= 15 is 0 Å². The zero-order chi connectivity index (χ0) is 12.1. The summed E-state index contributed by atoms with van der Waals surface area (Å²) in [4.78, 5) is 6.65. The minimum atomic E-state index is 0.658. The number of thioether (sulfide) groups is 2. The maximum absolute atomic E-state index is 4.06. The predicted octanol–water partition coefficient (Wildman–Crippen LogP) is 4.45. The molecule has 0 amide bonds. The van der Waals surface area contributed by atoms with Crippen LogP contribution in [-0.4, -0.2) is 17.7 Å². The Morgan fingerprint density at radius 1 is 1.75 bits per heavy atom. The molecule has 1 nitrogen and oxygen atoms in total. The first-order valence-electron chi connectivity index (χ1n) is 5.25. The summed E-state index contributed by atoms with van der Waals surface area (Å²) in [6.45, 7) is 11.8. The third-order valence-corrected chi connectivity index (χ3v) is 5.33. The Kier molecular flexibility index (Phi) is 5.88. The maximum atomic E-state index is 4.06. The highest BCUT2D eigenvalue weighted by molar-refractivity contribution is 8.08. The van der Waals surface area contributed by atoms with E-state index in [2.05, 4.69) is 41.4 Å². The van der Waals surface area contributed by atoms with Gasteiger partial charge in [0.2, 0.25) is 0 Å². The molecule has 0 N–H and O–H groups in total. The number of rotatable bonds is 5. The first-order chi connectivity index (χ1) is 7.63. The molecule has 4 heteroatoms. The fourth-order valence-corrected chi connectivity index (χ4v) is 4.81. The molecule has 0 aromatic carbocycles. The normalized spacial score (nSPS) is 22.1. The lowest BCUT2D eigenvalue weighted by Crippen LogP contribution is -1.88. The zero-order valence-electron chi connectivity index (χ0n) is 9.82. The van der Waals surface area contributed by atoms with Gasteiger partial charge in [0.1, 0.15) is 0 Å². The van der Waals surface area contributed by atoms with Crippen molar-refractivity contribution < 1.29 is 0 Å². The molecule has 1 aliphatic heterocycles. The van der Waals surface area contributed by atoms with Crippen LogP contribution in [0.2, 0.25) is 0 Å². The zero-order valence-corrected chi connectivity index (χ0v) is 12.6. The van der Waals surface area contributed by atoms with Gasteiger partial charge in [0, 0.05) is 15.1 Å². The molecule has 0 saturated heterocycles. The summed E-state index contributed by atoms with van der Waals surface area (Å²) in [7, 11) is 2.86. The van der Waals surface area contributed by atoms with Crippen LogP contribution in [0.1, 0.15) is 20.3 Å². The van der Waals surface area contributed by atoms with E-state index in [-0.39, 0.29) is 0 Å². The highest BCUT2D eigenvalue weighted by Gasteiger charge is 2.23. The molecule has 0 saturated carbocycles. The Hall–Kier alpha value is 0.0200. The number of hydrogen-bond acceptors (Lipinski definition) is 3. The Morgan fingerprint density at radius 3 is 2.81 bits per heavy atom. The smallest absolute Gasteiger partial charge is 0.0763 e. The molecular weight excluding hydrogens is 253 g/mol. The number of allylic oxidation sites excluding steroid dienone is 2. The predicted molar refractivity (Wildman–Crippen MR) is 83.3 cm³/mol. The van der Waals surface area contributed by atoms with Gasteiger partial charge in [-0.3, -0.25) is 4.99 Å². The van der Waals surface area contributed by atoms with Crippen molar-refractivity contribution in [1.29, 1.82) is 0 Å². The van der Waals surface area contributed by atoms with Gasteiger partial charge < -0.3 is 0 Å². The van der Waals surface area contributed by atoms with Crippen LogP contribution >= 0.6 is 32.8 Å². The Bertz CT molecular complexity index is 348. The molecule has 1 aliphatic rings. The van der Waals surface area contributed by atoms with E-state index in [0.29, 0.717) is 5.25 Å². The lowest BCUT2D eigenvalue weighted by molar-refractivity contribution is 0.991. The van der Waals surface area contributed by atoms with E-state index in [1.54, 1.807) is 6.08 Å². The van der Waals surface area contributed by atoms with Crippen LogP contribution < -0.4 is 0 Å². The van der Waals surface area contributed by atoms with Crippen molar-refractivity contribution in [3.05, 3.63) is 33.5 Å². The van der Waals surface area contributed by atoms with Crippen LogP contribution in [0.25, 0.3) is 0 Å². The summed E-state index contributed by atoms with van der Waals surface area (Å²) in [6, 6.07) is 0. The monoisotopic (exact) mass is 271 g/mol. The molecule has 0 aromatic heterocycles. The molecule has 0 bridgehead atoms. The number of hydrogen-bond donors (Lipinski definition) is 0. The minimum absolute atomic E-state index is 0.658. The fourth-order valence-electron chi connectivity index (χ4n) is 1.55. The molecule has 16 heavy (non-hydrogen) atoms. The lowest BCUT2D eigenvalue weighted by atomic mass is 10.3. The summed E-state index contributed by atoms with van der Waals surface area (Å²) in [6.07, 6.45) is 2.93. The summed E-state index contributed by atoms with van der Waals surface area (Å²) >= 11 is 3.74. The molecule has 0 spiro atoms. The summed E-state index contributed by atoms with van der Waals surface area (Å²) in [5.74, 6) is 1.04. The van der Waals surface area contributed by atoms with Gasteiger partial charge in [0.15, 0.2) is 0 Å². The van der Waals surface area contributed by atoms with E-state index in [9.17, 15) is 0 Å². The van der Waals surface area contributed by atoms with E-state index in [1.165, 1.54) is 15.1 Å². The number of aliphatic imine (C=N–C) groups is 1. The van der Waals surface area contributed by atoms with Gasteiger partial charge in [0.25, 0.3) is 0 Å². The van der Waals surface area contributed by atoms with E-state index in [1.807, 2.05) is 23.5 Å². The van der Waals surface area contributed by atoms with Crippen molar-refractivity contribution in [2.45, 2.75) is 25.5 Å². The molecule has 88 valence electrons. The molecule has 0 fully saturated rings. The molecule has 0 radical (unpaired) electrons. The van der Waals surface area contributed by atoms with Crippen LogP contribution in [0, 0.1) is 0 Å². The van der Waals surface area contributed by atoms with Gasteiger partial charge in [-0.2, -0.15) is 0 Å². The van der Waals surface area contributed by atoms with Gasteiger partial charge >= 0.3 is 0 Å². The van der Waals surface area contributed by atoms with Crippen LogP contribution in [0.4, 0.5) is 0 Å². The topological polar surface area (TPSA) is 12.4 Å². The quantitative estimate of drug-likeness (QED) is 0.416. The van der Waals surface area contributed by atoms with E-state index in [4.69, 9.17) is 0 Å². The third-order valence-electron chi connectivity index (χ3n) is 2.21. The van der Waals surface area contributed by atoms with E-state index < -0.39 is 0 Å². The van der Waals surface area contributed by atoms with Crippen LogP contribution in [0.3, 0.4) is 0 Å². The maximum Gasteiger partial charge on any atom is 0.0763 e. The van der Waals surface area contributed by atoms with Gasteiger partial charge in [-0.25, -0.2) is 0 Å². The van der Waals surface area contributed by atoms with Crippen molar-refractivity contribution in [3.8, 4) is 0 Å². The largest absolute Gasteiger partial charge is 0.263 e. The van der Waals surface area contributed by atoms with Crippen molar-refractivity contribution in [3.63, 3.8) is 0 Å². The minimum Gasteiger partial charge on any atom is -0.263 e. The van der Waals surface area contributed by atoms with Crippen molar-refractivity contribution in [2.75, 3.05) is 5.75 Å². The molecular formula is C12H18NPS2. The van der Waals surface area contributed by atoms with Crippen molar-refractivity contribution in [2.24, 2.45) is 4.99 Å². The second-order valence-corrected chi connectivity index (χ2v) is 6.92. The average molecular weight is 271 g/mol. The van der Waals surface area contributed by atoms with Gasteiger partial charge in [0.05, 0.1) is 5.70 Å². The summed E-state index contributed by atoms with van der Waals surface area (Å²) in [5, 5.41) is 2.04. The van der Waals surface area contributed by atoms with Gasteiger partial charge in [-0.05, 0) is 30.3 Å². The molecule has 2 unspecified atom stereocenters. The highest BCUT2D eigenvalue weighted by Crippen LogP contribution is 2.48. The first-order valence-corrected chi connectivity index (χ1v) is 7.70. The molecule has 0 aromatic rings. The van der Waals surface area contributed by atoms with Crippen LogP contribution in [-0.2, 0) is 0 Å². The van der Waals surface area contributed by atoms with Crippen molar-refractivity contribution >= 4 is 39.5 Å². The average Bonchev–Trinajstić information content (AvgIpc) is 2.58. The molecule has 1 rings (SSSR count). The first kappa shape index (κ1) is 14.1. The SMILES string of the molecule is C=C/C(N=C)=C(\SCC)C1=C(P)CC(C)S1. The van der Waals surface area contributed by atoms with Crippen LogP contribution in [0.5, 0.6) is 0 Å². The second-order valence-electron chi connectivity index (χ2n) is 3.50. The highest BCUT2D eigenvalue weighted by atomic mass is 32.2. The van der Waals surface area contributed by atoms with Gasteiger partial charge in [-0.15, -0.1) is 32.8 Å². The molecule has 1 heterocycles. The Balaban J connectivity index is 3.12. The van der Waals surface area contributed by atoms with E-state index in [0.717, 1.165) is 17.9 Å². The Labute approximate surface area is 109 Å². The van der Waals surface area contributed by atoms with Crippen molar-refractivity contribution in [1.82, 2.24) is 0 Å².